The summed E-state index contributed by atoms with van der Waals surface area (Å²) in [6.45, 7) is 0. The van der Waals surface area contributed by atoms with Crippen LogP contribution in [0.5, 0.6) is 5.75 Å². The first kappa shape index (κ1) is 18.0. The third-order valence-corrected chi connectivity index (χ3v) is 4.27. The molecule has 0 fully saturated rings. The highest BCUT2D eigenvalue weighted by Crippen LogP contribution is 2.25. The van der Waals surface area contributed by atoms with Gasteiger partial charge in [-0.3, -0.25) is 10.1 Å². The molecule has 0 spiro atoms. The van der Waals surface area contributed by atoms with Crippen molar-refractivity contribution in [2.24, 2.45) is 0 Å². The van der Waals surface area contributed by atoms with Crippen LogP contribution in [0.4, 0.5) is 10.5 Å². The van der Waals surface area contributed by atoms with Crippen molar-refractivity contribution >= 4 is 40.8 Å². The molecule has 0 atom stereocenters. The second-order valence-electron chi connectivity index (χ2n) is 5.36. The molecule has 0 aromatic heterocycles. The third-order valence-electron chi connectivity index (χ3n) is 3.53. The van der Waals surface area contributed by atoms with Gasteiger partial charge in [0.15, 0.2) is 5.78 Å². The third kappa shape index (κ3) is 4.42. The van der Waals surface area contributed by atoms with Crippen LogP contribution in [0.1, 0.15) is 15.9 Å². The van der Waals surface area contributed by atoms with E-state index in [2.05, 4.69) is 5.32 Å². The smallest absolute Gasteiger partial charge is 0.410 e. The van der Waals surface area contributed by atoms with Gasteiger partial charge in [0.1, 0.15) is 5.75 Å². The molecule has 130 valence electrons. The number of nitrogens with one attached hydrogen (secondary N) is 1. The summed E-state index contributed by atoms with van der Waals surface area (Å²) in [5.41, 5.74) is 1.56. The second-order valence-corrected chi connectivity index (χ2v) is 6.18. The van der Waals surface area contributed by atoms with E-state index in [9.17, 15) is 9.59 Å². The summed E-state index contributed by atoms with van der Waals surface area (Å²) in [5, 5.41) is 3.27. The minimum Gasteiger partial charge on any atom is -0.410 e. The summed E-state index contributed by atoms with van der Waals surface area (Å²) in [5.74, 6) is 0.213. The number of rotatable bonds is 4. The van der Waals surface area contributed by atoms with E-state index in [1.54, 1.807) is 60.7 Å². The molecular weight excluding hydrogens is 373 g/mol. The molecule has 26 heavy (non-hydrogen) atoms. The zero-order valence-corrected chi connectivity index (χ0v) is 14.9. The van der Waals surface area contributed by atoms with Gasteiger partial charge in [0, 0.05) is 16.8 Å². The summed E-state index contributed by atoms with van der Waals surface area (Å²) < 4.78 is 5.19. The quantitative estimate of drug-likeness (QED) is 0.574. The van der Waals surface area contributed by atoms with Gasteiger partial charge in [0.25, 0.3) is 0 Å². The van der Waals surface area contributed by atoms with Crippen LogP contribution in [-0.2, 0) is 0 Å². The molecule has 3 aromatic rings. The number of ketones is 1. The Labute approximate surface area is 160 Å². The molecule has 4 nitrogen and oxygen atoms in total. The van der Waals surface area contributed by atoms with Gasteiger partial charge in [-0.25, -0.2) is 4.79 Å². The number of amides is 1. The highest BCUT2D eigenvalue weighted by molar-refractivity contribution is 6.42. The number of hydrogen-bond donors (Lipinski definition) is 1. The first-order chi connectivity index (χ1) is 12.5. The molecule has 0 bridgehead atoms. The molecule has 1 amide bonds. The van der Waals surface area contributed by atoms with Gasteiger partial charge < -0.3 is 4.74 Å². The standard InChI is InChI=1S/C20H13Cl2NO3/c21-17-11-8-15(12-18(17)22)23-20(25)26-16-9-6-14(7-10-16)19(24)13-4-2-1-3-5-13/h1-12H,(H,23,25). The normalized spacial score (nSPS) is 10.2. The van der Waals surface area contributed by atoms with Crippen molar-refractivity contribution in [1.29, 1.82) is 0 Å². The van der Waals surface area contributed by atoms with Crippen molar-refractivity contribution in [2.75, 3.05) is 5.32 Å². The molecule has 0 saturated heterocycles. The summed E-state index contributed by atoms with van der Waals surface area (Å²) >= 11 is 11.7. The number of halogens is 2. The summed E-state index contributed by atoms with van der Waals surface area (Å²) in [6.07, 6.45) is -0.675. The number of ether oxygens (including phenoxy) is 1. The zero-order chi connectivity index (χ0) is 18.5. The van der Waals surface area contributed by atoms with Gasteiger partial charge in [0.2, 0.25) is 0 Å². The summed E-state index contributed by atoms with van der Waals surface area (Å²) in [4.78, 5) is 24.3. The average Bonchev–Trinajstić information content (AvgIpc) is 2.65. The van der Waals surface area contributed by atoms with Crippen LogP contribution in [0.25, 0.3) is 0 Å². The van der Waals surface area contributed by atoms with E-state index in [4.69, 9.17) is 27.9 Å². The van der Waals surface area contributed by atoms with Crippen LogP contribution in [0.2, 0.25) is 10.0 Å². The zero-order valence-electron chi connectivity index (χ0n) is 13.4. The Morgan fingerprint density at radius 1 is 0.769 bits per heavy atom. The lowest BCUT2D eigenvalue weighted by atomic mass is 10.0. The Balaban J connectivity index is 1.64. The molecule has 3 rings (SSSR count). The highest BCUT2D eigenvalue weighted by Gasteiger charge is 2.10. The van der Waals surface area contributed by atoms with Gasteiger partial charge in [-0.1, -0.05) is 53.5 Å². The maximum absolute atomic E-state index is 12.3. The van der Waals surface area contributed by atoms with Crippen molar-refractivity contribution in [2.45, 2.75) is 0 Å². The van der Waals surface area contributed by atoms with Crippen molar-refractivity contribution in [3.8, 4) is 5.75 Å². The minimum absolute atomic E-state index is 0.0996. The average molecular weight is 386 g/mol. The van der Waals surface area contributed by atoms with Crippen LogP contribution >= 0.6 is 23.2 Å². The van der Waals surface area contributed by atoms with Gasteiger partial charge in [-0.05, 0) is 42.5 Å². The molecule has 0 heterocycles. The first-order valence-corrected chi connectivity index (χ1v) is 8.42. The Kier molecular flexibility index (Phi) is 5.56. The fourth-order valence-electron chi connectivity index (χ4n) is 2.25. The van der Waals surface area contributed by atoms with Gasteiger partial charge >= 0.3 is 6.09 Å². The minimum atomic E-state index is -0.675. The number of hydrogen-bond acceptors (Lipinski definition) is 3. The van der Waals surface area contributed by atoms with E-state index in [1.807, 2.05) is 6.07 Å². The SMILES string of the molecule is O=C(Nc1ccc(Cl)c(Cl)c1)Oc1ccc(C(=O)c2ccccc2)cc1. The fourth-order valence-corrected chi connectivity index (χ4v) is 2.55. The monoisotopic (exact) mass is 385 g/mol. The largest absolute Gasteiger partial charge is 0.417 e. The van der Waals surface area contributed by atoms with Crippen molar-refractivity contribution in [3.63, 3.8) is 0 Å². The van der Waals surface area contributed by atoms with Gasteiger partial charge in [-0.2, -0.15) is 0 Å². The Morgan fingerprint density at radius 3 is 2.08 bits per heavy atom. The molecule has 0 aliphatic rings. The lowest BCUT2D eigenvalue weighted by Crippen LogP contribution is -2.16. The van der Waals surface area contributed by atoms with Gasteiger partial charge in [0.05, 0.1) is 10.0 Å². The maximum atomic E-state index is 12.3. The Bertz CT molecular complexity index is 941. The lowest BCUT2D eigenvalue weighted by molar-refractivity contribution is 0.103. The second kappa shape index (κ2) is 8.04. The molecule has 0 saturated carbocycles. The summed E-state index contributed by atoms with van der Waals surface area (Å²) in [7, 11) is 0. The summed E-state index contributed by atoms with van der Waals surface area (Å²) in [6, 6.07) is 20.0. The van der Waals surface area contributed by atoms with Crippen molar-refractivity contribution < 1.29 is 14.3 Å². The van der Waals surface area contributed by atoms with E-state index in [0.717, 1.165) is 0 Å². The highest BCUT2D eigenvalue weighted by atomic mass is 35.5. The lowest BCUT2D eigenvalue weighted by Gasteiger charge is -2.08. The van der Waals surface area contributed by atoms with E-state index >= 15 is 0 Å². The first-order valence-electron chi connectivity index (χ1n) is 7.66. The number of benzene rings is 3. The van der Waals surface area contributed by atoms with Crippen LogP contribution in [0.15, 0.2) is 72.8 Å². The number of carbonyl (C=O) groups excluding carboxylic acids is 2. The van der Waals surface area contributed by atoms with Crippen LogP contribution in [0.3, 0.4) is 0 Å². The molecular formula is C20H13Cl2NO3. The molecule has 1 N–H and O–H groups in total. The maximum Gasteiger partial charge on any atom is 0.417 e. The molecule has 0 aliphatic heterocycles. The topological polar surface area (TPSA) is 55.4 Å². The number of anilines is 1. The van der Waals surface area contributed by atoms with Crippen LogP contribution < -0.4 is 10.1 Å². The number of carbonyl (C=O) groups is 2. The molecule has 0 unspecified atom stereocenters. The van der Waals surface area contributed by atoms with E-state index in [1.165, 1.54) is 6.07 Å². The predicted molar refractivity (Wildman–Crippen MR) is 102 cm³/mol. The predicted octanol–water partition coefficient (Wildman–Crippen LogP) is 5.84. The Hall–Kier alpha value is -2.82. The molecule has 6 heteroatoms. The van der Waals surface area contributed by atoms with E-state index < -0.39 is 6.09 Å². The van der Waals surface area contributed by atoms with Crippen LogP contribution in [0, 0.1) is 0 Å². The Morgan fingerprint density at radius 2 is 1.42 bits per heavy atom. The van der Waals surface area contributed by atoms with E-state index in [-0.39, 0.29) is 5.78 Å². The molecule has 0 radical (unpaired) electrons. The van der Waals surface area contributed by atoms with E-state index in [0.29, 0.717) is 32.6 Å². The van der Waals surface area contributed by atoms with Crippen molar-refractivity contribution in [1.82, 2.24) is 0 Å². The van der Waals surface area contributed by atoms with Gasteiger partial charge in [-0.15, -0.1) is 0 Å². The molecule has 3 aromatic carbocycles. The van der Waals surface area contributed by atoms with Crippen LogP contribution in [-0.4, -0.2) is 11.9 Å². The fraction of sp³-hybridized carbons (Fsp3) is 0. The molecule has 0 aliphatic carbocycles. The van der Waals surface area contributed by atoms with Crippen molar-refractivity contribution in [3.05, 3.63) is 94.0 Å².